The SMILES string of the molecule is Oc1ccccc1C1CCC(OCN2CCC(O)C2)CC1. The second kappa shape index (κ2) is 6.77. The third-order valence-electron chi connectivity index (χ3n) is 4.79. The number of ether oxygens (including phenoxy) is 1. The Kier molecular flexibility index (Phi) is 4.78. The molecule has 0 spiro atoms. The number of para-hydroxylation sites is 1. The molecule has 4 heteroatoms. The molecule has 4 nitrogen and oxygen atoms in total. The van der Waals surface area contributed by atoms with Crippen LogP contribution in [0.5, 0.6) is 5.75 Å². The molecule has 2 aliphatic rings. The Balaban J connectivity index is 1.44. The molecule has 0 radical (unpaired) electrons. The first kappa shape index (κ1) is 14.8. The maximum absolute atomic E-state index is 9.94. The van der Waals surface area contributed by atoms with Gasteiger partial charge < -0.3 is 14.9 Å². The molecule has 1 heterocycles. The van der Waals surface area contributed by atoms with E-state index in [9.17, 15) is 10.2 Å². The Morgan fingerprint density at radius 3 is 2.52 bits per heavy atom. The van der Waals surface area contributed by atoms with E-state index >= 15 is 0 Å². The molecule has 3 rings (SSSR count). The van der Waals surface area contributed by atoms with Gasteiger partial charge >= 0.3 is 0 Å². The third-order valence-corrected chi connectivity index (χ3v) is 4.79. The van der Waals surface area contributed by atoms with Gasteiger partial charge in [-0.05, 0) is 49.7 Å². The van der Waals surface area contributed by atoms with E-state index in [0.717, 1.165) is 50.8 Å². The fourth-order valence-electron chi connectivity index (χ4n) is 3.51. The van der Waals surface area contributed by atoms with Crippen molar-refractivity contribution in [2.45, 2.75) is 50.2 Å². The maximum Gasteiger partial charge on any atom is 0.119 e. The van der Waals surface area contributed by atoms with E-state index < -0.39 is 0 Å². The summed E-state index contributed by atoms with van der Waals surface area (Å²) in [6, 6.07) is 7.68. The van der Waals surface area contributed by atoms with E-state index in [4.69, 9.17) is 4.74 Å². The normalized spacial score (nSPS) is 30.6. The molecule has 1 saturated heterocycles. The van der Waals surface area contributed by atoms with Crippen molar-refractivity contribution >= 4 is 0 Å². The van der Waals surface area contributed by atoms with Crippen LogP contribution in [0.4, 0.5) is 0 Å². The number of phenolic OH excluding ortho intramolecular Hbond substituents is 1. The number of hydrogen-bond donors (Lipinski definition) is 2. The minimum atomic E-state index is -0.176. The van der Waals surface area contributed by atoms with Gasteiger partial charge in [-0.15, -0.1) is 0 Å². The van der Waals surface area contributed by atoms with Crippen molar-refractivity contribution in [3.63, 3.8) is 0 Å². The van der Waals surface area contributed by atoms with E-state index in [1.807, 2.05) is 18.2 Å². The van der Waals surface area contributed by atoms with Gasteiger partial charge in [0.25, 0.3) is 0 Å². The highest BCUT2D eigenvalue weighted by atomic mass is 16.5. The van der Waals surface area contributed by atoms with Gasteiger partial charge in [0.15, 0.2) is 0 Å². The van der Waals surface area contributed by atoms with Gasteiger partial charge in [0.1, 0.15) is 5.75 Å². The van der Waals surface area contributed by atoms with Crippen LogP contribution < -0.4 is 0 Å². The summed E-state index contributed by atoms with van der Waals surface area (Å²) in [5.41, 5.74) is 1.08. The van der Waals surface area contributed by atoms with E-state index in [-0.39, 0.29) is 6.10 Å². The molecule has 2 N–H and O–H groups in total. The van der Waals surface area contributed by atoms with E-state index in [1.54, 1.807) is 6.07 Å². The van der Waals surface area contributed by atoms with Crippen molar-refractivity contribution in [2.24, 2.45) is 0 Å². The Morgan fingerprint density at radius 1 is 1.10 bits per heavy atom. The smallest absolute Gasteiger partial charge is 0.119 e. The van der Waals surface area contributed by atoms with Crippen LogP contribution in [0.15, 0.2) is 24.3 Å². The standard InChI is InChI=1S/C17H25NO3/c19-14-9-10-18(11-14)12-21-15-7-5-13(6-8-15)16-3-1-2-4-17(16)20/h1-4,13-15,19-20H,5-12H2. The van der Waals surface area contributed by atoms with Crippen molar-refractivity contribution < 1.29 is 14.9 Å². The summed E-state index contributed by atoms with van der Waals surface area (Å²) in [4.78, 5) is 2.18. The largest absolute Gasteiger partial charge is 0.508 e. The van der Waals surface area contributed by atoms with Gasteiger partial charge in [-0.3, -0.25) is 4.90 Å². The fourth-order valence-corrected chi connectivity index (χ4v) is 3.51. The zero-order chi connectivity index (χ0) is 14.7. The monoisotopic (exact) mass is 291 g/mol. The average Bonchev–Trinajstić information content (AvgIpc) is 2.92. The number of likely N-dealkylation sites (tertiary alicyclic amines) is 1. The topological polar surface area (TPSA) is 52.9 Å². The molecule has 21 heavy (non-hydrogen) atoms. The summed E-state index contributed by atoms with van der Waals surface area (Å²) in [6.45, 7) is 2.32. The van der Waals surface area contributed by atoms with Crippen molar-refractivity contribution in [1.82, 2.24) is 4.90 Å². The number of nitrogens with zero attached hydrogens (tertiary/aromatic N) is 1. The zero-order valence-electron chi connectivity index (χ0n) is 12.4. The Hall–Kier alpha value is -1.10. The lowest BCUT2D eigenvalue weighted by molar-refractivity contribution is -0.0348. The molecule has 1 aliphatic carbocycles. The predicted octanol–water partition coefficient (Wildman–Crippen LogP) is 2.46. The fraction of sp³-hybridized carbons (Fsp3) is 0.647. The number of benzene rings is 1. The highest BCUT2D eigenvalue weighted by Crippen LogP contribution is 2.37. The molecule has 0 bridgehead atoms. The molecule has 0 aromatic heterocycles. The summed E-state index contributed by atoms with van der Waals surface area (Å²) in [7, 11) is 0. The van der Waals surface area contributed by atoms with Crippen LogP contribution in [0, 0.1) is 0 Å². The lowest BCUT2D eigenvalue weighted by Crippen LogP contribution is -2.30. The van der Waals surface area contributed by atoms with Gasteiger partial charge in [-0.1, -0.05) is 18.2 Å². The molecule has 1 atom stereocenters. The highest BCUT2D eigenvalue weighted by Gasteiger charge is 2.26. The van der Waals surface area contributed by atoms with Crippen LogP contribution in [0.1, 0.15) is 43.6 Å². The van der Waals surface area contributed by atoms with E-state index in [1.165, 1.54) is 0 Å². The minimum Gasteiger partial charge on any atom is -0.508 e. The lowest BCUT2D eigenvalue weighted by Gasteiger charge is -2.30. The summed E-state index contributed by atoms with van der Waals surface area (Å²) in [6.07, 6.45) is 5.26. The second-order valence-corrected chi connectivity index (χ2v) is 6.35. The first-order valence-corrected chi connectivity index (χ1v) is 8.02. The zero-order valence-corrected chi connectivity index (χ0v) is 12.4. The second-order valence-electron chi connectivity index (χ2n) is 6.35. The van der Waals surface area contributed by atoms with E-state index in [0.29, 0.717) is 24.5 Å². The van der Waals surface area contributed by atoms with Crippen molar-refractivity contribution in [1.29, 1.82) is 0 Å². The Bertz CT molecular complexity index is 457. The highest BCUT2D eigenvalue weighted by molar-refractivity contribution is 5.35. The molecule has 1 aliphatic heterocycles. The molecule has 2 fully saturated rings. The van der Waals surface area contributed by atoms with Crippen LogP contribution >= 0.6 is 0 Å². The first-order valence-electron chi connectivity index (χ1n) is 8.02. The van der Waals surface area contributed by atoms with Gasteiger partial charge in [0, 0.05) is 13.1 Å². The van der Waals surface area contributed by atoms with E-state index in [2.05, 4.69) is 4.90 Å². The van der Waals surface area contributed by atoms with Crippen LogP contribution in [0.25, 0.3) is 0 Å². The molecular weight excluding hydrogens is 266 g/mol. The molecule has 1 aromatic rings. The number of hydrogen-bond acceptors (Lipinski definition) is 4. The molecule has 1 unspecified atom stereocenters. The maximum atomic E-state index is 9.94. The Labute approximate surface area is 126 Å². The molecule has 0 amide bonds. The van der Waals surface area contributed by atoms with Crippen molar-refractivity contribution in [3.05, 3.63) is 29.8 Å². The summed E-state index contributed by atoms with van der Waals surface area (Å²) < 4.78 is 5.98. The van der Waals surface area contributed by atoms with Crippen LogP contribution in [-0.4, -0.2) is 47.1 Å². The Morgan fingerprint density at radius 2 is 1.86 bits per heavy atom. The number of aliphatic hydroxyl groups is 1. The molecular formula is C17H25NO3. The number of aromatic hydroxyl groups is 1. The predicted molar refractivity (Wildman–Crippen MR) is 81.3 cm³/mol. The quantitative estimate of drug-likeness (QED) is 0.895. The van der Waals surface area contributed by atoms with Crippen LogP contribution in [0.3, 0.4) is 0 Å². The minimum absolute atomic E-state index is 0.176. The molecule has 116 valence electrons. The summed E-state index contributed by atoms with van der Waals surface area (Å²) in [5.74, 6) is 0.882. The number of phenols is 1. The number of rotatable bonds is 4. The molecule has 1 aromatic carbocycles. The number of aliphatic hydroxyl groups excluding tert-OH is 1. The van der Waals surface area contributed by atoms with Gasteiger partial charge in [-0.25, -0.2) is 0 Å². The first-order chi connectivity index (χ1) is 10.2. The van der Waals surface area contributed by atoms with Crippen LogP contribution in [0.2, 0.25) is 0 Å². The summed E-state index contributed by atoms with van der Waals surface area (Å²) >= 11 is 0. The number of β-amino-alcohol motifs (C(OH)–C–C–N with tert-alkyl or cyclic N) is 1. The van der Waals surface area contributed by atoms with Gasteiger partial charge in [0.05, 0.1) is 18.9 Å². The lowest BCUT2D eigenvalue weighted by atomic mass is 9.82. The molecule has 1 saturated carbocycles. The average molecular weight is 291 g/mol. The van der Waals surface area contributed by atoms with Gasteiger partial charge in [0.2, 0.25) is 0 Å². The van der Waals surface area contributed by atoms with Crippen molar-refractivity contribution in [2.75, 3.05) is 19.8 Å². The summed E-state index contributed by atoms with van der Waals surface area (Å²) in [5, 5.41) is 19.4. The van der Waals surface area contributed by atoms with Gasteiger partial charge in [-0.2, -0.15) is 0 Å². The van der Waals surface area contributed by atoms with Crippen LogP contribution in [-0.2, 0) is 4.74 Å². The van der Waals surface area contributed by atoms with Crippen molar-refractivity contribution in [3.8, 4) is 5.75 Å². The third kappa shape index (κ3) is 3.76.